The Labute approximate surface area is 146 Å². The normalized spacial score (nSPS) is 32.3. The van der Waals surface area contributed by atoms with Crippen molar-refractivity contribution in [2.45, 2.75) is 48.7 Å². The minimum Gasteiger partial charge on any atom is -0.463 e. The number of aryl methyl sites for hydroxylation is 1. The predicted molar refractivity (Wildman–Crippen MR) is 97.0 cm³/mol. The molecule has 1 saturated carbocycles. The summed E-state index contributed by atoms with van der Waals surface area (Å²) in [5.74, 6) is 1.91. The highest BCUT2D eigenvalue weighted by Crippen LogP contribution is 2.64. The molecule has 126 valence electrons. The number of aliphatic hydroxyl groups is 1. The Bertz CT molecular complexity index is 595. The topological polar surface area (TPSA) is 46.5 Å². The van der Waals surface area contributed by atoms with Gasteiger partial charge in [-0.05, 0) is 18.9 Å². The summed E-state index contributed by atoms with van der Waals surface area (Å²) in [6.45, 7) is 5.65. The molecule has 5 heteroatoms. The Kier molecular flexibility index (Phi) is 4.49. The van der Waals surface area contributed by atoms with Gasteiger partial charge in [-0.3, -0.25) is 4.79 Å². The first-order chi connectivity index (χ1) is 10.8. The Morgan fingerprint density at radius 1 is 1.22 bits per heavy atom. The van der Waals surface area contributed by atoms with Crippen molar-refractivity contribution >= 4 is 29.5 Å². The van der Waals surface area contributed by atoms with Gasteiger partial charge in [0, 0.05) is 30.3 Å². The van der Waals surface area contributed by atoms with Crippen molar-refractivity contribution in [1.29, 1.82) is 0 Å². The third-order valence-corrected chi connectivity index (χ3v) is 8.64. The summed E-state index contributed by atoms with van der Waals surface area (Å²) < 4.78 is 5.30. The highest BCUT2D eigenvalue weighted by atomic mass is 32.2. The van der Waals surface area contributed by atoms with Gasteiger partial charge in [0.2, 0.25) is 0 Å². The molecule has 2 atom stereocenters. The molecule has 1 aliphatic heterocycles. The third-order valence-electron chi connectivity index (χ3n) is 5.23. The second-order valence-corrected chi connectivity index (χ2v) is 10.2. The fraction of sp³-hybridized carbons (Fsp3) is 0.611. The lowest BCUT2D eigenvalue weighted by Gasteiger charge is -2.39. The summed E-state index contributed by atoms with van der Waals surface area (Å²) in [7, 11) is 0. The minimum absolute atomic E-state index is 0.0362. The van der Waals surface area contributed by atoms with Gasteiger partial charge >= 0.3 is 5.97 Å². The van der Waals surface area contributed by atoms with E-state index in [-0.39, 0.29) is 16.7 Å². The molecule has 23 heavy (non-hydrogen) atoms. The third kappa shape index (κ3) is 3.03. The summed E-state index contributed by atoms with van der Waals surface area (Å²) in [4.78, 5) is 11.3. The summed E-state index contributed by atoms with van der Waals surface area (Å²) in [5, 5.41) is 11.5. The minimum atomic E-state index is -1.03. The van der Waals surface area contributed by atoms with Crippen LogP contribution in [0.5, 0.6) is 0 Å². The highest BCUT2D eigenvalue weighted by Gasteiger charge is 2.63. The van der Waals surface area contributed by atoms with Crippen LogP contribution in [0.3, 0.4) is 0 Å². The van der Waals surface area contributed by atoms with E-state index in [4.69, 9.17) is 4.74 Å². The average molecular weight is 353 g/mol. The fourth-order valence-electron chi connectivity index (χ4n) is 3.83. The first-order valence-electron chi connectivity index (χ1n) is 8.00. The molecule has 1 aliphatic carbocycles. The van der Waals surface area contributed by atoms with Crippen LogP contribution >= 0.6 is 23.5 Å². The zero-order valence-corrected chi connectivity index (χ0v) is 15.6. The molecule has 1 aromatic rings. The van der Waals surface area contributed by atoms with Crippen molar-refractivity contribution < 1.29 is 14.6 Å². The number of hydrogen-bond donors (Lipinski definition) is 1. The fourth-order valence-corrected chi connectivity index (χ4v) is 7.54. The number of benzene rings is 1. The zero-order valence-electron chi connectivity index (χ0n) is 13.9. The molecule has 1 spiro atoms. The molecule has 2 fully saturated rings. The summed E-state index contributed by atoms with van der Waals surface area (Å²) in [5.41, 5.74) is 0.889. The number of ether oxygens (including phenoxy) is 1. The van der Waals surface area contributed by atoms with Gasteiger partial charge in [-0.25, -0.2) is 0 Å². The lowest BCUT2D eigenvalue weighted by molar-refractivity contribution is -0.152. The molecule has 2 aliphatic rings. The molecule has 3 rings (SSSR count). The van der Waals surface area contributed by atoms with E-state index in [0.717, 1.165) is 23.5 Å². The van der Waals surface area contributed by atoms with Crippen LogP contribution in [0.4, 0.5) is 0 Å². The summed E-state index contributed by atoms with van der Waals surface area (Å²) in [6, 6.07) is 8.40. The highest BCUT2D eigenvalue weighted by molar-refractivity contribution is 8.21. The maximum absolute atomic E-state index is 11.5. The Morgan fingerprint density at radius 2 is 1.83 bits per heavy atom. The van der Waals surface area contributed by atoms with Crippen molar-refractivity contribution in [2.24, 2.45) is 0 Å². The molecule has 0 bridgehead atoms. The molecule has 3 nitrogen and oxygen atoms in total. The number of thioether (sulfide) groups is 2. The van der Waals surface area contributed by atoms with E-state index >= 15 is 0 Å². The van der Waals surface area contributed by atoms with Gasteiger partial charge in [0.25, 0.3) is 0 Å². The van der Waals surface area contributed by atoms with Crippen LogP contribution in [0.15, 0.2) is 24.3 Å². The second kappa shape index (κ2) is 6.01. The molecule has 0 unspecified atom stereocenters. The number of rotatable bonds is 3. The van der Waals surface area contributed by atoms with E-state index in [1.165, 1.54) is 12.5 Å². The number of esters is 1. The van der Waals surface area contributed by atoms with Crippen molar-refractivity contribution in [3.05, 3.63) is 35.4 Å². The smallest absolute Gasteiger partial charge is 0.302 e. The van der Waals surface area contributed by atoms with E-state index in [2.05, 4.69) is 38.1 Å². The standard InChI is InChI=1S/C18H24O3S2/c1-13-4-6-15(7-5-13)16(3)10-18(22-8-9-23-18)11-17(16,20)12-21-14(2)19/h4-7,20H,8-12H2,1-3H3/t16-,17+/m1/s1. The summed E-state index contributed by atoms with van der Waals surface area (Å²) >= 11 is 3.90. The quantitative estimate of drug-likeness (QED) is 0.844. The van der Waals surface area contributed by atoms with E-state index in [1.54, 1.807) is 0 Å². The van der Waals surface area contributed by atoms with E-state index in [9.17, 15) is 9.90 Å². The van der Waals surface area contributed by atoms with Crippen LogP contribution < -0.4 is 0 Å². The first kappa shape index (κ1) is 17.2. The van der Waals surface area contributed by atoms with Gasteiger partial charge in [0.1, 0.15) is 12.2 Å². The first-order valence-corrected chi connectivity index (χ1v) is 9.97. The van der Waals surface area contributed by atoms with Gasteiger partial charge < -0.3 is 9.84 Å². The molecular formula is C18H24O3S2. The molecular weight excluding hydrogens is 328 g/mol. The lowest BCUT2D eigenvalue weighted by Crippen LogP contribution is -2.49. The summed E-state index contributed by atoms with van der Waals surface area (Å²) in [6.07, 6.45) is 1.56. The molecule has 0 aromatic heterocycles. The van der Waals surface area contributed by atoms with Crippen molar-refractivity contribution in [3.8, 4) is 0 Å². The SMILES string of the molecule is CC(=O)OC[C@@]1(O)CC2(C[C@]1(C)c1ccc(C)cc1)SCCS2. The average Bonchev–Trinajstić information content (AvgIpc) is 3.01. The van der Waals surface area contributed by atoms with Gasteiger partial charge in [-0.15, -0.1) is 23.5 Å². The van der Waals surface area contributed by atoms with Crippen molar-refractivity contribution in [1.82, 2.24) is 0 Å². The van der Waals surface area contributed by atoms with Gasteiger partial charge in [-0.2, -0.15) is 0 Å². The number of carbonyl (C=O) groups is 1. The molecule has 1 aromatic carbocycles. The van der Waals surface area contributed by atoms with Crippen molar-refractivity contribution in [3.63, 3.8) is 0 Å². The van der Waals surface area contributed by atoms with Crippen LogP contribution in [0.2, 0.25) is 0 Å². The monoisotopic (exact) mass is 352 g/mol. The van der Waals surface area contributed by atoms with Crippen molar-refractivity contribution in [2.75, 3.05) is 18.1 Å². The molecule has 1 saturated heterocycles. The zero-order chi connectivity index (χ0) is 16.7. The number of carbonyl (C=O) groups excluding carboxylic acids is 1. The van der Waals surface area contributed by atoms with E-state index < -0.39 is 11.0 Å². The van der Waals surface area contributed by atoms with Crippen LogP contribution in [-0.4, -0.2) is 38.9 Å². The molecule has 1 N–H and O–H groups in total. The van der Waals surface area contributed by atoms with Gasteiger partial charge in [0.15, 0.2) is 0 Å². The van der Waals surface area contributed by atoms with Crippen LogP contribution in [0, 0.1) is 6.92 Å². The molecule has 0 amide bonds. The molecule has 1 heterocycles. The largest absolute Gasteiger partial charge is 0.463 e. The maximum Gasteiger partial charge on any atom is 0.302 e. The maximum atomic E-state index is 11.5. The van der Waals surface area contributed by atoms with E-state index in [1.807, 2.05) is 23.5 Å². The Balaban J connectivity index is 1.98. The number of hydrogen-bond acceptors (Lipinski definition) is 5. The van der Waals surface area contributed by atoms with Gasteiger partial charge in [0.05, 0.1) is 4.08 Å². The second-order valence-electron chi connectivity index (χ2n) is 6.97. The predicted octanol–water partition coefficient (Wildman–Crippen LogP) is 3.52. The van der Waals surface area contributed by atoms with Crippen LogP contribution in [0.25, 0.3) is 0 Å². The van der Waals surface area contributed by atoms with Crippen LogP contribution in [0.1, 0.15) is 37.8 Å². The Morgan fingerprint density at radius 3 is 2.39 bits per heavy atom. The molecule has 0 radical (unpaired) electrons. The lowest BCUT2D eigenvalue weighted by atomic mass is 9.71. The van der Waals surface area contributed by atoms with Crippen LogP contribution in [-0.2, 0) is 14.9 Å². The Hall–Kier alpha value is -0.650. The van der Waals surface area contributed by atoms with E-state index in [0.29, 0.717) is 6.42 Å². The van der Waals surface area contributed by atoms with Gasteiger partial charge in [-0.1, -0.05) is 36.8 Å².